The molecule has 9 heteroatoms. The minimum absolute atomic E-state index is 0.244. The number of rotatable bonds is 5. The topological polar surface area (TPSA) is 94.8 Å². The molecule has 0 aliphatic heterocycles. The van der Waals surface area contributed by atoms with Gasteiger partial charge in [-0.2, -0.15) is 4.98 Å². The van der Waals surface area contributed by atoms with E-state index in [4.69, 9.17) is 4.74 Å². The largest absolute Gasteiger partial charge is 0.439 e. The van der Waals surface area contributed by atoms with Gasteiger partial charge in [0, 0.05) is 24.1 Å². The van der Waals surface area contributed by atoms with Gasteiger partial charge in [0.2, 0.25) is 5.88 Å². The van der Waals surface area contributed by atoms with E-state index in [9.17, 15) is 4.79 Å². The van der Waals surface area contributed by atoms with Gasteiger partial charge in [-0.25, -0.2) is 15.0 Å². The van der Waals surface area contributed by atoms with Gasteiger partial charge < -0.3 is 10.1 Å². The number of fused-ring (bicyclic) bond motifs is 1. The van der Waals surface area contributed by atoms with E-state index < -0.39 is 0 Å². The molecule has 0 aliphatic carbocycles. The second-order valence-corrected chi connectivity index (χ2v) is 7.68. The van der Waals surface area contributed by atoms with Gasteiger partial charge in [-0.1, -0.05) is 12.1 Å². The molecule has 0 aliphatic rings. The standard InChI is InChI=1S/C22H16N6O2S/c1-14-24-19(28-11-10-23-13-28)12-20(25-14)30-16-8-6-15(7-9-16)26-21(29)22-27-17-4-2-3-5-18(17)31-22/h2-13H,1H3,(H,26,29). The van der Waals surface area contributed by atoms with E-state index >= 15 is 0 Å². The summed E-state index contributed by atoms with van der Waals surface area (Å²) in [7, 11) is 0. The fourth-order valence-corrected chi connectivity index (χ4v) is 3.85. The average molecular weight is 428 g/mol. The summed E-state index contributed by atoms with van der Waals surface area (Å²) in [6, 6.07) is 16.5. The van der Waals surface area contributed by atoms with Gasteiger partial charge in [-0.3, -0.25) is 9.36 Å². The highest BCUT2D eigenvalue weighted by Crippen LogP contribution is 2.25. The number of ether oxygens (including phenoxy) is 1. The highest BCUT2D eigenvalue weighted by atomic mass is 32.1. The van der Waals surface area contributed by atoms with Crippen molar-refractivity contribution < 1.29 is 9.53 Å². The number of carbonyl (C=O) groups excluding carboxylic acids is 1. The van der Waals surface area contributed by atoms with Crippen molar-refractivity contribution >= 4 is 33.1 Å². The normalized spacial score (nSPS) is 10.9. The third-order valence-electron chi connectivity index (χ3n) is 4.39. The van der Waals surface area contributed by atoms with Crippen molar-refractivity contribution in [3.8, 4) is 17.4 Å². The first kappa shape index (κ1) is 18.9. The van der Waals surface area contributed by atoms with Gasteiger partial charge in [0.05, 0.1) is 10.2 Å². The van der Waals surface area contributed by atoms with Gasteiger partial charge in [0.1, 0.15) is 23.7 Å². The number of aromatic nitrogens is 5. The first-order valence-corrected chi connectivity index (χ1v) is 10.2. The Bertz CT molecular complexity index is 1330. The summed E-state index contributed by atoms with van der Waals surface area (Å²) in [4.78, 5) is 29.7. The maximum Gasteiger partial charge on any atom is 0.284 e. The van der Waals surface area contributed by atoms with Gasteiger partial charge in [0.15, 0.2) is 5.01 Å². The summed E-state index contributed by atoms with van der Waals surface area (Å²) >= 11 is 1.36. The molecule has 0 radical (unpaired) electrons. The van der Waals surface area contributed by atoms with Crippen molar-refractivity contribution in [2.24, 2.45) is 0 Å². The van der Waals surface area contributed by atoms with Gasteiger partial charge in [-0.05, 0) is 43.3 Å². The van der Waals surface area contributed by atoms with Gasteiger partial charge in [-0.15, -0.1) is 11.3 Å². The zero-order valence-corrected chi connectivity index (χ0v) is 17.2. The van der Waals surface area contributed by atoms with Crippen LogP contribution in [-0.4, -0.2) is 30.4 Å². The summed E-state index contributed by atoms with van der Waals surface area (Å²) in [5.74, 6) is 2.02. The predicted octanol–water partition coefficient (Wildman–Crippen LogP) is 4.63. The van der Waals surface area contributed by atoms with E-state index in [2.05, 4.69) is 25.3 Å². The molecule has 1 amide bonds. The van der Waals surface area contributed by atoms with E-state index in [0.717, 1.165) is 10.2 Å². The molecular formula is C22H16N6O2S. The molecule has 5 aromatic rings. The molecule has 0 atom stereocenters. The van der Waals surface area contributed by atoms with Crippen LogP contribution in [0.4, 0.5) is 5.69 Å². The molecule has 3 heterocycles. The van der Waals surface area contributed by atoms with E-state index in [1.165, 1.54) is 11.3 Å². The predicted molar refractivity (Wildman–Crippen MR) is 118 cm³/mol. The van der Waals surface area contributed by atoms with Crippen LogP contribution in [0, 0.1) is 6.92 Å². The molecule has 2 aromatic carbocycles. The van der Waals surface area contributed by atoms with Gasteiger partial charge in [0.25, 0.3) is 5.91 Å². The number of para-hydroxylation sites is 1. The van der Waals surface area contributed by atoms with E-state index in [0.29, 0.717) is 34.0 Å². The van der Waals surface area contributed by atoms with Crippen molar-refractivity contribution in [1.29, 1.82) is 0 Å². The highest BCUT2D eigenvalue weighted by Gasteiger charge is 2.12. The smallest absolute Gasteiger partial charge is 0.284 e. The number of nitrogens with zero attached hydrogens (tertiary/aromatic N) is 5. The SMILES string of the molecule is Cc1nc(Oc2ccc(NC(=O)c3nc4ccccc4s3)cc2)cc(-n2ccnc2)n1. The lowest BCUT2D eigenvalue weighted by atomic mass is 10.3. The number of hydrogen-bond donors (Lipinski definition) is 1. The van der Waals surface area contributed by atoms with Crippen LogP contribution >= 0.6 is 11.3 Å². The Labute approximate surface area is 181 Å². The Morgan fingerprint density at radius 3 is 2.68 bits per heavy atom. The molecule has 0 unspecified atom stereocenters. The molecule has 31 heavy (non-hydrogen) atoms. The van der Waals surface area contributed by atoms with Crippen molar-refractivity contribution in [1.82, 2.24) is 24.5 Å². The van der Waals surface area contributed by atoms with E-state index in [1.807, 2.05) is 24.3 Å². The van der Waals surface area contributed by atoms with Crippen LogP contribution in [0.15, 0.2) is 73.3 Å². The Balaban J connectivity index is 1.29. The Morgan fingerprint density at radius 2 is 1.90 bits per heavy atom. The number of nitrogens with one attached hydrogen (secondary N) is 1. The van der Waals surface area contributed by atoms with Crippen LogP contribution in [0.25, 0.3) is 16.0 Å². The zero-order valence-electron chi connectivity index (χ0n) is 16.4. The maximum atomic E-state index is 12.5. The van der Waals surface area contributed by atoms with Crippen molar-refractivity contribution in [2.45, 2.75) is 6.92 Å². The monoisotopic (exact) mass is 428 g/mol. The molecule has 5 rings (SSSR count). The quantitative estimate of drug-likeness (QED) is 0.439. The lowest BCUT2D eigenvalue weighted by Gasteiger charge is -2.09. The number of thiazole rings is 1. The fourth-order valence-electron chi connectivity index (χ4n) is 2.99. The van der Waals surface area contributed by atoms with Crippen molar-refractivity contribution in [2.75, 3.05) is 5.32 Å². The number of imidazole rings is 1. The van der Waals surface area contributed by atoms with Crippen LogP contribution < -0.4 is 10.1 Å². The van der Waals surface area contributed by atoms with Crippen LogP contribution in [0.3, 0.4) is 0 Å². The second-order valence-electron chi connectivity index (χ2n) is 6.65. The first-order valence-electron chi connectivity index (χ1n) is 9.43. The molecule has 8 nitrogen and oxygen atoms in total. The highest BCUT2D eigenvalue weighted by molar-refractivity contribution is 7.20. The number of benzene rings is 2. The number of amides is 1. The lowest BCUT2D eigenvalue weighted by molar-refractivity contribution is 0.102. The molecule has 3 aromatic heterocycles. The van der Waals surface area contributed by atoms with Crippen LogP contribution in [0.2, 0.25) is 0 Å². The van der Waals surface area contributed by atoms with Crippen molar-refractivity contribution in [3.05, 3.63) is 84.2 Å². The third kappa shape index (κ3) is 4.12. The van der Waals surface area contributed by atoms with Crippen LogP contribution in [0.1, 0.15) is 15.6 Å². The lowest BCUT2D eigenvalue weighted by Crippen LogP contribution is -2.11. The summed E-state index contributed by atoms with van der Waals surface area (Å²) < 4.78 is 8.63. The molecule has 0 spiro atoms. The molecule has 0 saturated carbocycles. The summed E-state index contributed by atoms with van der Waals surface area (Å²) in [5, 5.41) is 3.29. The maximum absolute atomic E-state index is 12.5. The fraction of sp³-hybridized carbons (Fsp3) is 0.0455. The van der Waals surface area contributed by atoms with E-state index in [1.54, 1.807) is 60.5 Å². The summed E-state index contributed by atoms with van der Waals surface area (Å²) in [6.07, 6.45) is 5.14. The average Bonchev–Trinajstić information content (AvgIpc) is 3.45. The van der Waals surface area contributed by atoms with E-state index in [-0.39, 0.29) is 5.91 Å². The molecule has 1 N–H and O–H groups in total. The Kier molecular flexibility index (Phi) is 4.85. The molecule has 152 valence electrons. The minimum atomic E-state index is -0.244. The summed E-state index contributed by atoms with van der Waals surface area (Å²) in [6.45, 7) is 1.80. The molecule has 0 saturated heterocycles. The number of aryl methyl sites for hydroxylation is 1. The molecule has 0 fully saturated rings. The van der Waals surface area contributed by atoms with Crippen LogP contribution in [0.5, 0.6) is 11.6 Å². The summed E-state index contributed by atoms with van der Waals surface area (Å²) in [5.41, 5.74) is 1.46. The molecule has 0 bridgehead atoms. The first-order chi connectivity index (χ1) is 15.1. The molecular weight excluding hydrogens is 412 g/mol. The Morgan fingerprint density at radius 1 is 1.06 bits per heavy atom. The number of carbonyl (C=O) groups is 1. The second kappa shape index (κ2) is 7.96. The van der Waals surface area contributed by atoms with Crippen LogP contribution in [-0.2, 0) is 0 Å². The minimum Gasteiger partial charge on any atom is -0.439 e. The number of anilines is 1. The zero-order chi connectivity index (χ0) is 21.2. The number of hydrogen-bond acceptors (Lipinski definition) is 7. The third-order valence-corrected chi connectivity index (χ3v) is 5.43. The Hall–Kier alpha value is -4.11. The van der Waals surface area contributed by atoms with Gasteiger partial charge >= 0.3 is 0 Å². The van der Waals surface area contributed by atoms with Crippen molar-refractivity contribution in [3.63, 3.8) is 0 Å².